The molecule has 2 fully saturated rings. The monoisotopic (exact) mass is 376 g/mol. The third-order valence-corrected chi connectivity index (χ3v) is 5.87. The van der Waals surface area contributed by atoms with Crippen LogP contribution < -0.4 is 4.90 Å². The summed E-state index contributed by atoms with van der Waals surface area (Å²) in [6, 6.07) is 12.6. The fraction of sp³-hybridized carbons (Fsp3) is 0.409. The van der Waals surface area contributed by atoms with Crippen molar-refractivity contribution in [3.63, 3.8) is 0 Å². The maximum absolute atomic E-state index is 13.0. The van der Waals surface area contributed by atoms with Crippen LogP contribution in [-0.2, 0) is 9.53 Å². The van der Waals surface area contributed by atoms with Gasteiger partial charge in [0.1, 0.15) is 12.1 Å². The van der Waals surface area contributed by atoms with Crippen molar-refractivity contribution in [3.05, 3.63) is 42.7 Å². The molecule has 6 nitrogen and oxygen atoms in total. The Hall–Kier alpha value is -2.73. The minimum atomic E-state index is 0.0253. The molecule has 3 heterocycles. The lowest BCUT2D eigenvalue weighted by Crippen LogP contribution is -2.48. The van der Waals surface area contributed by atoms with Gasteiger partial charge in [-0.15, -0.1) is 0 Å². The van der Waals surface area contributed by atoms with Crippen molar-refractivity contribution in [2.24, 2.45) is 5.92 Å². The van der Waals surface area contributed by atoms with E-state index in [0.717, 1.165) is 42.7 Å². The van der Waals surface area contributed by atoms with Gasteiger partial charge in [-0.25, -0.2) is 9.97 Å². The molecule has 0 radical (unpaired) electrons. The number of fused-ring (bicyclic) bond motifs is 2. The largest absolute Gasteiger partial charge is 0.378 e. The van der Waals surface area contributed by atoms with Crippen LogP contribution in [0.2, 0.25) is 0 Å². The summed E-state index contributed by atoms with van der Waals surface area (Å²) in [7, 11) is 0. The number of anilines is 1. The predicted octanol–water partition coefficient (Wildman–Crippen LogP) is 2.86. The third-order valence-electron chi connectivity index (χ3n) is 5.87. The molecule has 144 valence electrons. The molecule has 28 heavy (non-hydrogen) atoms. The molecule has 3 aromatic rings. The van der Waals surface area contributed by atoms with Crippen LogP contribution in [-0.4, -0.2) is 60.2 Å². The highest BCUT2D eigenvalue weighted by Crippen LogP contribution is 2.31. The Labute approximate surface area is 164 Å². The number of piperidine rings is 1. The minimum absolute atomic E-state index is 0.0253. The van der Waals surface area contributed by atoms with Gasteiger partial charge in [-0.1, -0.05) is 24.3 Å². The van der Waals surface area contributed by atoms with E-state index in [0.29, 0.717) is 26.3 Å². The lowest BCUT2D eigenvalue weighted by atomic mass is 9.96. The second-order valence-electron chi connectivity index (χ2n) is 7.64. The van der Waals surface area contributed by atoms with Crippen LogP contribution in [0.25, 0.3) is 21.7 Å². The Morgan fingerprint density at radius 1 is 1.04 bits per heavy atom. The number of hydrogen-bond acceptors (Lipinski definition) is 5. The molecule has 0 saturated carbocycles. The number of carbonyl (C=O) groups excluding carboxylic acids is 1. The zero-order chi connectivity index (χ0) is 18.9. The molecule has 0 aliphatic carbocycles. The van der Waals surface area contributed by atoms with E-state index < -0.39 is 0 Å². The molecule has 6 heteroatoms. The van der Waals surface area contributed by atoms with E-state index in [-0.39, 0.29) is 11.8 Å². The fourth-order valence-electron chi connectivity index (χ4n) is 4.39. The minimum Gasteiger partial charge on any atom is -0.378 e. The number of aromatic nitrogens is 2. The van der Waals surface area contributed by atoms with Crippen molar-refractivity contribution >= 4 is 33.4 Å². The molecular formula is C22H24N4O2. The van der Waals surface area contributed by atoms with Gasteiger partial charge < -0.3 is 14.5 Å². The summed E-state index contributed by atoms with van der Waals surface area (Å²) in [6.45, 7) is 4.34. The van der Waals surface area contributed by atoms with Crippen molar-refractivity contribution in [3.8, 4) is 0 Å². The Bertz CT molecular complexity index is 1020. The van der Waals surface area contributed by atoms with E-state index in [1.165, 1.54) is 10.8 Å². The Morgan fingerprint density at radius 3 is 2.64 bits per heavy atom. The highest BCUT2D eigenvalue weighted by atomic mass is 16.5. The number of carbonyl (C=O) groups is 1. The summed E-state index contributed by atoms with van der Waals surface area (Å²) in [5, 5.41) is 3.42. The first kappa shape index (κ1) is 17.4. The van der Waals surface area contributed by atoms with Crippen LogP contribution in [0.4, 0.5) is 5.82 Å². The zero-order valence-electron chi connectivity index (χ0n) is 15.9. The first-order chi connectivity index (χ1) is 13.8. The van der Waals surface area contributed by atoms with Gasteiger partial charge in [-0.05, 0) is 35.7 Å². The van der Waals surface area contributed by atoms with E-state index in [2.05, 4.69) is 45.2 Å². The van der Waals surface area contributed by atoms with Crippen LogP contribution >= 0.6 is 0 Å². The van der Waals surface area contributed by atoms with Crippen molar-refractivity contribution in [1.82, 2.24) is 14.9 Å². The molecule has 1 aromatic heterocycles. The SMILES string of the molecule is O=C([C@@H]1CCCN(c2ncnc3cc4ccccc4cc23)C1)N1CCOCC1. The Kier molecular flexibility index (Phi) is 4.56. The van der Waals surface area contributed by atoms with Crippen LogP contribution in [0.1, 0.15) is 12.8 Å². The molecule has 2 aromatic carbocycles. The van der Waals surface area contributed by atoms with Gasteiger partial charge in [-0.2, -0.15) is 0 Å². The quantitative estimate of drug-likeness (QED) is 0.644. The van der Waals surface area contributed by atoms with Gasteiger partial charge in [0.25, 0.3) is 0 Å². The topological polar surface area (TPSA) is 58.6 Å². The summed E-state index contributed by atoms with van der Waals surface area (Å²) in [6.07, 6.45) is 3.58. The molecule has 0 spiro atoms. The summed E-state index contributed by atoms with van der Waals surface area (Å²) >= 11 is 0. The number of amides is 1. The van der Waals surface area contributed by atoms with Crippen LogP contribution in [0.15, 0.2) is 42.7 Å². The number of hydrogen-bond donors (Lipinski definition) is 0. The normalized spacial score (nSPS) is 20.6. The fourth-order valence-corrected chi connectivity index (χ4v) is 4.39. The molecule has 1 atom stereocenters. The number of nitrogens with zero attached hydrogens (tertiary/aromatic N) is 4. The van der Waals surface area contributed by atoms with Crippen LogP contribution in [0.5, 0.6) is 0 Å². The van der Waals surface area contributed by atoms with E-state index in [1.54, 1.807) is 6.33 Å². The average Bonchev–Trinajstić information content (AvgIpc) is 2.77. The lowest BCUT2D eigenvalue weighted by Gasteiger charge is -2.37. The van der Waals surface area contributed by atoms with Crippen molar-refractivity contribution in [2.45, 2.75) is 12.8 Å². The molecule has 2 saturated heterocycles. The van der Waals surface area contributed by atoms with Gasteiger partial charge in [0.05, 0.1) is 24.6 Å². The lowest BCUT2D eigenvalue weighted by molar-refractivity contribution is -0.139. The smallest absolute Gasteiger partial charge is 0.227 e. The summed E-state index contributed by atoms with van der Waals surface area (Å²) in [5.41, 5.74) is 0.949. The number of rotatable bonds is 2. The summed E-state index contributed by atoms with van der Waals surface area (Å²) in [4.78, 5) is 26.3. The average molecular weight is 376 g/mol. The molecule has 2 aliphatic heterocycles. The van der Waals surface area contributed by atoms with Crippen molar-refractivity contribution < 1.29 is 9.53 Å². The molecule has 2 aliphatic rings. The molecule has 5 rings (SSSR count). The maximum atomic E-state index is 13.0. The second kappa shape index (κ2) is 7.36. The summed E-state index contributed by atoms with van der Waals surface area (Å²) in [5.74, 6) is 1.23. The van der Waals surface area contributed by atoms with Gasteiger partial charge in [0, 0.05) is 31.6 Å². The number of morpholine rings is 1. The predicted molar refractivity (Wildman–Crippen MR) is 109 cm³/mol. The highest BCUT2D eigenvalue weighted by Gasteiger charge is 2.31. The Balaban J connectivity index is 1.45. The van der Waals surface area contributed by atoms with Crippen LogP contribution in [0, 0.1) is 5.92 Å². The van der Waals surface area contributed by atoms with Crippen LogP contribution in [0.3, 0.4) is 0 Å². The van der Waals surface area contributed by atoms with Gasteiger partial charge in [0.15, 0.2) is 0 Å². The molecule has 0 N–H and O–H groups in total. The third kappa shape index (κ3) is 3.18. The van der Waals surface area contributed by atoms with E-state index in [4.69, 9.17) is 4.74 Å². The Morgan fingerprint density at radius 2 is 1.82 bits per heavy atom. The first-order valence-electron chi connectivity index (χ1n) is 10.0. The zero-order valence-corrected chi connectivity index (χ0v) is 15.9. The highest BCUT2D eigenvalue weighted by molar-refractivity contribution is 6.01. The van der Waals surface area contributed by atoms with Crippen molar-refractivity contribution in [1.29, 1.82) is 0 Å². The first-order valence-corrected chi connectivity index (χ1v) is 10.0. The standard InChI is InChI=1S/C22H24N4O2/c27-22(25-8-10-28-11-9-25)18-6-3-7-26(14-18)21-19-12-16-4-1-2-5-17(16)13-20(19)23-15-24-21/h1-2,4-5,12-13,15,18H,3,6-11,14H2/t18-/m1/s1. The molecule has 0 unspecified atom stereocenters. The van der Waals surface area contributed by atoms with E-state index >= 15 is 0 Å². The maximum Gasteiger partial charge on any atom is 0.227 e. The van der Waals surface area contributed by atoms with Gasteiger partial charge in [-0.3, -0.25) is 4.79 Å². The van der Waals surface area contributed by atoms with Crippen molar-refractivity contribution in [2.75, 3.05) is 44.3 Å². The number of benzene rings is 2. The second-order valence-corrected chi connectivity index (χ2v) is 7.64. The molecule has 0 bridgehead atoms. The van der Waals surface area contributed by atoms with Gasteiger partial charge in [0.2, 0.25) is 5.91 Å². The molecule has 1 amide bonds. The molecular weight excluding hydrogens is 352 g/mol. The van der Waals surface area contributed by atoms with E-state index in [9.17, 15) is 4.79 Å². The summed E-state index contributed by atoms with van der Waals surface area (Å²) < 4.78 is 5.39. The van der Waals surface area contributed by atoms with Gasteiger partial charge >= 0.3 is 0 Å². The number of ether oxygens (including phenoxy) is 1. The van der Waals surface area contributed by atoms with E-state index in [1.807, 2.05) is 11.0 Å².